The van der Waals surface area contributed by atoms with E-state index in [1.165, 1.54) is 5.56 Å². The first-order valence-corrected chi connectivity index (χ1v) is 9.37. The van der Waals surface area contributed by atoms with Gasteiger partial charge in [-0.1, -0.05) is 42.5 Å². The maximum atomic E-state index is 12.0. The quantitative estimate of drug-likeness (QED) is 0.577. The van der Waals surface area contributed by atoms with Crippen LogP contribution in [0.4, 0.5) is 0 Å². The van der Waals surface area contributed by atoms with E-state index in [2.05, 4.69) is 23.2 Å². The number of aromatic nitrogens is 4. The average Bonchev–Trinajstić information content (AvgIpc) is 3.11. The van der Waals surface area contributed by atoms with Crippen LogP contribution in [-0.4, -0.2) is 19.7 Å². The maximum Gasteiger partial charge on any atom is 0.248 e. The molecule has 2 heterocycles. The molecule has 0 unspecified atom stereocenters. The largest absolute Gasteiger partial charge is 0.326 e. The molecule has 0 saturated carbocycles. The number of nitrogens with one attached hydrogen (secondary N) is 1. The van der Waals surface area contributed by atoms with Gasteiger partial charge in [-0.2, -0.15) is 5.10 Å². The Balaban J connectivity index is 1.76. The Morgan fingerprint density at radius 1 is 0.929 bits per heavy atom. The van der Waals surface area contributed by atoms with Crippen molar-refractivity contribution < 1.29 is 0 Å². The molecule has 28 heavy (non-hydrogen) atoms. The summed E-state index contributed by atoms with van der Waals surface area (Å²) in [6.45, 7) is 3.92. The zero-order chi connectivity index (χ0) is 19.5. The second-order valence-corrected chi connectivity index (χ2v) is 7.00. The molecule has 2 aromatic carbocycles. The molecule has 5 nitrogen and oxygen atoms in total. The Morgan fingerprint density at radius 2 is 1.75 bits per heavy atom. The third kappa shape index (κ3) is 3.93. The topological polar surface area (TPSA) is 63.6 Å². The molecule has 0 aliphatic heterocycles. The van der Waals surface area contributed by atoms with Gasteiger partial charge in [-0.05, 0) is 49.6 Å². The molecule has 0 aliphatic rings. The van der Waals surface area contributed by atoms with Crippen LogP contribution in [0.3, 0.4) is 0 Å². The molecule has 0 bridgehead atoms. The van der Waals surface area contributed by atoms with Crippen LogP contribution in [0.25, 0.3) is 17.1 Å². The number of pyridine rings is 1. The van der Waals surface area contributed by atoms with E-state index in [0.717, 1.165) is 41.2 Å². The Labute approximate surface area is 163 Å². The molecule has 0 aliphatic carbocycles. The van der Waals surface area contributed by atoms with Crippen molar-refractivity contribution in [2.45, 2.75) is 26.7 Å². The maximum absolute atomic E-state index is 12.0. The van der Waals surface area contributed by atoms with Gasteiger partial charge in [0, 0.05) is 23.7 Å². The van der Waals surface area contributed by atoms with Crippen LogP contribution >= 0.6 is 0 Å². The van der Waals surface area contributed by atoms with Crippen molar-refractivity contribution in [3.8, 4) is 17.1 Å². The van der Waals surface area contributed by atoms with Crippen LogP contribution in [0.2, 0.25) is 0 Å². The number of aromatic amines is 1. The average molecular weight is 370 g/mol. The summed E-state index contributed by atoms with van der Waals surface area (Å²) < 4.78 is 1.83. The summed E-state index contributed by atoms with van der Waals surface area (Å²) in [6.07, 6.45) is 1.60. The fraction of sp³-hybridized carbons (Fsp3) is 0.174. The summed E-state index contributed by atoms with van der Waals surface area (Å²) in [7, 11) is 0. The highest BCUT2D eigenvalue weighted by Crippen LogP contribution is 2.22. The molecule has 0 spiro atoms. The molecule has 2 aromatic heterocycles. The van der Waals surface area contributed by atoms with Gasteiger partial charge in [0.25, 0.3) is 0 Å². The van der Waals surface area contributed by atoms with Crippen LogP contribution in [-0.2, 0) is 12.8 Å². The van der Waals surface area contributed by atoms with Crippen molar-refractivity contribution >= 4 is 0 Å². The van der Waals surface area contributed by atoms with Crippen LogP contribution < -0.4 is 5.56 Å². The summed E-state index contributed by atoms with van der Waals surface area (Å²) in [6, 6.07) is 21.9. The Bertz CT molecular complexity index is 1160. The van der Waals surface area contributed by atoms with Gasteiger partial charge in [-0.3, -0.25) is 4.79 Å². The van der Waals surface area contributed by atoms with Crippen molar-refractivity contribution in [2.24, 2.45) is 0 Å². The Kier molecular flexibility index (Phi) is 4.89. The van der Waals surface area contributed by atoms with Gasteiger partial charge >= 0.3 is 0 Å². The molecule has 1 N–H and O–H groups in total. The highest BCUT2D eigenvalue weighted by Gasteiger charge is 2.15. The zero-order valence-corrected chi connectivity index (χ0v) is 16.0. The molecule has 0 atom stereocenters. The van der Waals surface area contributed by atoms with Gasteiger partial charge in [-0.25, -0.2) is 9.67 Å². The van der Waals surface area contributed by atoms with Gasteiger partial charge in [0.1, 0.15) is 0 Å². The van der Waals surface area contributed by atoms with Gasteiger partial charge in [0.05, 0.1) is 5.69 Å². The molecule has 0 amide bonds. The van der Waals surface area contributed by atoms with Crippen LogP contribution in [0.1, 0.15) is 22.6 Å². The second-order valence-electron chi connectivity index (χ2n) is 7.00. The first-order chi connectivity index (χ1) is 13.6. The first kappa shape index (κ1) is 17.9. The summed E-state index contributed by atoms with van der Waals surface area (Å²) in [4.78, 5) is 19.6. The van der Waals surface area contributed by atoms with E-state index >= 15 is 0 Å². The van der Waals surface area contributed by atoms with Gasteiger partial charge < -0.3 is 4.98 Å². The standard InChI is InChI=1S/C23H22N4O/c1-16-7-6-10-20(13-16)27-23(19-14-17(2)24-22(28)15-19)25-21(26-27)12-11-18-8-4-3-5-9-18/h3-10,13-15H,11-12H2,1-2H3,(H,24,28). The Morgan fingerprint density at radius 3 is 2.50 bits per heavy atom. The minimum absolute atomic E-state index is 0.139. The normalized spacial score (nSPS) is 10.9. The third-order valence-electron chi connectivity index (χ3n) is 4.61. The predicted octanol–water partition coefficient (Wildman–Crippen LogP) is 4.02. The van der Waals surface area contributed by atoms with Gasteiger partial charge in [-0.15, -0.1) is 0 Å². The van der Waals surface area contributed by atoms with Crippen molar-refractivity contribution in [3.63, 3.8) is 0 Å². The number of nitrogens with zero attached hydrogens (tertiary/aromatic N) is 3. The molecule has 140 valence electrons. The third-order valence-corrected chi connectivity index (χ3v) is 4.61. The van der Waals surface area contributed by atoms with Crippen LogP contribution in [0.5, 0.6) is 0 Å². The molecule has 4 rings (SSSR count). The molecule has 0 radical (unpaired) electrons. The van der Waals surface area contributed by atoms with Crippen molar-refractivity contribution in [1.29, 1.82) is 0 Å². The molecule has 0 saturated heterocycles. The van der Waals surface area contributed by atoms with Crippen molar-refractivity contribution in [1.82, 2.24) is 19.7 Å². The minimum Gasteiger partial charge on any atom is -0.326 e. The van der Waals surface area contributed by atoms with E-state index in [4.69, 9.17) is 10.1 Å². The van der Waals surface area contributed by atoms with Crippen LogP contribution in [0, 0.1) is 13.8 Å². The molecule has 0 fully saturated rings. The van der Waals surface area contributed by atoms with Crippen LogP contribution in [0.15, 0.2) is 71.5 Å². The lowest BCUT2D eigenvalue weighted by Gasteiger charge is -2.07. The highest BCUT2D eigenvalue weighted by atomic mass is 16.1. The Hall–Kier alpha value is -3.47. The smallest absolute Gasteiger partial charge is 0.248 e. The zero-order valence-electron chi connectivity index (χ0n) is 16.0. The van der Waals surface area contributed by atoms with Crippen molar-refractivity contribution in [2.75, 3.05) is 0 Å². The van der Waals surface area contributed by atoms with E-state index in [1.54, 1.807) is 6.07 Å². The summed E-state index contributed by atoms with van der Waals surface area (Å²) in [5, 5.41) is 4.77. The fourth-order valence-electron chi connectivity index (χ4n) is 3.30. The summed E-state index contributed by atoms with van der Waals surface area (Å²) in [5.74, 6) is 1.45. The molecule has 4 aromatic rings. The van der Waals surface area contributed by atoms with E-state index in [-0.39, 0.29) is 5.56 Å². The number of hydrogen-bond donors (Lipinski definition) is 1. The molecular weight excluding hydrogens is 348 g/mol. The lowest BCUT2D eigenvalue weighted by atomic mass is 10.1. The number of H-pyrrole nitrogens is 1. The van der Waals surface area contributed by atoms with Gasteiger partial charge in [0.15, 0.2) is 11.6 Å². The van der Waals surface area contributed by atoms with E-state index in [0.29, 0.717) is 5.82 Å². The summed E-state index contributed by atoms with van der Waals surface area (Å²) in [5.41, 5.74) is 4.76. The first-order valence-electron chi connectivity index (χ1n) is 9.37. The number of hydrogen-bond acceptors (Lipinski definition) is 3. The van der Waals surface area contributed by atoms with Gasteiger partial charge in [0.2, 0.25) is 5.56 Å². The molecular formula is C23H22N4O. The lowest BCUT2D eigenvalue weighted by Crippen LogP contribution is -2.08. The van der Waals surface area contributed by atoms with E-state index in [1.807, 2.05) is 61.0 Å². The second kappa shape index (κ2) is 7.64. The number of benzene rings is 2. The lowest BCUT2D eigenvalue weighted by molar-refractivity contribution is 0.813. The highest BCUT2D eigenvalue weighted by molar-refractivity contribution is 5.58. The fourth-order valence-corrected chi connectivity index (χ4v) is 3.30. The van der Waals surface area contributed by atoms with E-state index in [9.17, 15) is 4.79 Å². The van der Waals surface area contributed by atoms with Crippen molar-refractivity contribution in [3.05, 3.63) is 99.7 Å². The summed E-state index contributed by atoms with van der Waals surface area (Å²) >= 11 is 0. The van der Waals surface area contributed by atoms with E-state index < -0.39 is 0 Å². The predicted molar refractivity (Wildman–Crippen MR) is 111 cm³/mol. The SMILES string of the molecule is Cc1cccc(-n2nc(CCc3ccccc3)nc2-c2cc(C)[nH]c(=O)c2)c1. The monoisotopic (exact) mass is 370 g/mol. The molecule has 5 heteroatoms. The number of aryl methyl sites for hydroxylation is 4. The number of rotatable bonds is 5. The minimum atomic E-state index is -0.139.